The Morgan fingerprint density at radius 1 is 1.37 bits per heavy atom. The van der Waals surface area contributed by atoms with Gasteiger partial charge in [0.25, 0.3) is 0 Å². The van der Waals surface area contributed by atoms with Gasteiger partial charge in [-0.05, 0) is 18.6 Å². The molecule has 5 nitrogen and oxygen atoms in total. The van der Waals surface area contributed by atoms with Crippen molar-refractivity contribution in [2.45, 2.75) is 32.3 Å². The Morgan fingerprint density at radius 2 is 2.00 bits per heavy atom. The molecule has 19 heavy (non-hydrogen) atoms. The van der Waals surface area contributed by atoms with Gasteiger partial charge in [-0.1, -0.05) is 25.5 Å². The van der Waals surface area contributed by atoms with Gasteiger partial charge < -0.3 is 15.6 Å². The zero-order valence-electron chi connectivity index (χ0n) is 11.1. The fraction of sp³-hybridized carbons (Fsp3) is 0.429. The number of nitrogens with two attached hydrogens (primary N) is 1. The van der Waals surface area contributed by atoms with Crippen molar-refractivity contribution in [3.05, 3.63) is 35.4 Å². The van der Waals surface area contributed by atoms with Crippen LogP contribution in [0.2, 0.25) is 0 Å². The Morgan fingerprint density at radius 3 is 2.58 bits per heavy atom. The summed E-state index contributed by atoms with van der Waals surface area (Å²) < 4.78 is 5.25. The molecule has 104 valence electrons. The molecular formula is C14H20N2O3. The second kappa shape index (κ2) is 7.53. The number of benzene rings is 1. The van der Waals surface area contributed by atoms with E-state index in [4.69, 9.17) is 15.9 Å². The fourth-order valence-electron chi connectivity index (χ4n) is 1.75. The lowest BCUT2D eigenvalue weighted by molar-refractivity contribution is 0.0998. The largest absolute Gasteiger partial charge is 0.478 e. The predicted molar refractivity (Wildman–Crippen MR) is 73.3 cm³/mol. The molecule has 1 atom stereocenters. The summed E-state index contributed by atoms with van der Waals surface area (Å²) in [6, 6.07) is 6.57. The number of aliphatic hydroxyl groups excluding tert-OH is 1. The van der Waals surface area contributed by atoms with Crippen LogP contribution in [0.3, 0.4) is 0 Å². The van der Waals surface area contributed by atoms with E-state index in [1.54, 1.807) is 24.3 Å². The maximum Gasteiger partial charge on any atom is 0.249 e. The number of hydrogen-bond acceptors (Lipinski definition) is 4. The second-order valence-corrected chi connectivity index (χ2v) is 4.32. The molecule has 1 rings (SSSR count). The molecule has 0 radical (unpaired) electrons. The van der Waals surface area contributed by atoms with Crippen LogP contribution in [-0.4, -0.2) is 29.6 Å². The van der Waals surface area contributed by atoms with Crippen molar-refractivity contribution >= 4 is 11.8 Å². The quantitative estimate of drug-likeness (QED) is 0.516. The van der Waals surface area contributed by atoms with Crippen LogP contribution in [0.15, 0.2) is 24.3 Å². The van der Waals surface area contributed by atoms with Crippen LogP contribution in [0.1, 0.15) is 42.1 Å². The number of primary amides is 1. The number of carbonyl (C=O) groups excluding carboxylic acids is 1. The highest BCUT2D eigenvalue weighted by Crippen LogP contribution is 2.10. The van der Waals surface area contributed by atoms with Crippen LogP contribution >= 0.6 is 0 Å². The van der Waals surface area contributed by atoms with Crippen molar-refractivity contribution in [1.82, 2.24) is 0 Å². The molecule has 1 amide bonds. The van der Waals surface area contributed by atoms with Gasteiger partial charge in [-0.2, -0.15) is 0 Å². The normalized spacial score (nSPS) is 11.9. The van der Waals surface area contributed by atoms with Crippen molar-refractivity contribution < 1.29 is 14.6 Å². The van der Waals surface area contributed by atoms with Crippen LogP contribution in [0, 0.1) is 5.41 Å². The summed E-state index contributed by atoms with van der Waals surface area (Å²) in [5.41, 5.74) is 5.88. The molecule has 0 fully saturated rings. The summed E-state index contributed by atoms with van der Waals surface area (Å²) in [7, 11) is 0. The Labute approximate surface area is 112 Å². The van der Waals surface area contributed by atoms with Gasteiger partial charge in [-0.3, -0.25) is 10.2 Å². The number of ether oxygens (including phenoxy) is 1. The standard InChI is InChI=1S/C14H20N2O3/c1-2-5-10(17)8-9-19-14(16)12-7-4-3-6-11(12)13(15)18/h3-4,6-7,10,16-17H,2,5,8-9H2,1H3,(H2,15,18). The molecule has 0 saturated carbocycles. The summed E-state index contributed by atoms with van der Waals surface area (Å²) in [4.78, 5) is 11.2. The van der Waals surface area contributed by atoms with Crippen LogP contribution < -0.4 is 5.73 Å². The zero-order valence-corrected chi connectivity index (χ0v) is 11.1. The van der Waals surface area contributed by atoms with Gasteiger partial charge in [-0.15, -0.1) is 0 Å². The van der Waals surface area contributed by atoms with Crippen LogP contribution in [0.4, 0.5) is 0 Å². The number of aliphatic hydroxyl groups is 1. The summed E-state index contributed by atoms with van der Waals surface area (Å²) >= 11 is 0. The Kier molecular flexibility index (Phi) is 6.02. The lowest BCUT2D eigenvalue weighted by atomic mass is 10.1. The van der Waals surface area contributed by atoms with Gasteiger partial charge in [-0.25, -0.2) is 0 Å². The number of hydrogen-bond donors (Lipinski definition) is 3. The molecule has 1 unspecified atom stereocenters. The van der Waals surface area contributed by atoms with E-state index < -0.39 is 12.0 Å². The monoisotopic (exact) mass is 264 g/mol. The SMILES string of the molecule is CCCC(O)CCOC(=N)c1ccccc1C(N)=O. The third kappa shape index (κ3) is 4.71. The van der Waals surface area contributed by atoms with Crippen molar-refractivity contribution in [3.8, 4) is 0 Å². The Hall–Kier alpha value is -1.88. The van der Waals surface area contributed by atoms with Crippen molar-refractivity contribution in [1.29, 1.82) is 5.41 Å². The molecule has 0 heterocycles. The molecule has 1 aromatic rings. The first-order valence-corrected chi connectivity index (χ1v) is 6.34. The highest BCUT2D eigenvalue weighted by atomic mass is 16.5. The minimum absolute atomic E-state index is 0.0990. The summed E-state index contributed by atoms with van der Waals surface area (Å²) in [6.07, 6.45) is 1.68. The highest BCUT2D eigenvalue weighted by Gasteiger charge is 2.13. The molecular weight excluding hydrogens is 244 g/mol. The highest BCUT2D eigenvalue weighted by molar-refractivity contribution is 6.05. The average molecular weight is 264 g/mol. The van der Waals surface area contributed by atoms with E-state index in [0.717, 1.165) is 6.42 Å². The third-order valence-corrected chi connectivity index (χ3v) is 2.76. The molecule has 5 heteroatoms. The van der Waals surface area contributed by atoms with Crippen LogP contribution in [0.25, 0.3) is 0 Å². The van der Waals surface area contributed by atoms with E-state index in [1.807, 2.05) is 6.92 Å². The summed E-state index contributed by atoms with van der Waals surface area (Å²) in [6.45, 7) is 2.24. The van der Waals surface area contributed by atoms with Gasteiger partial charge in [0, 0.05) is 12.0 Å². The Balaban J connectivity index is 2.57. The molecule has 0 aliphatic carbocycles. The van der Waals surface area contributed by atoms with Gasteiger partial charge in [0.2, 0.25) is 11.8 Å². The number of amides is 1. The lowest BCUT2D eigenvalue weighted by Gasteiger charge is -2.12. The van der Waals surface area contributed by atoms with E-state index in [-0.39, 0.29) is 18.1 Å². The topological polar surface area (TPSA) is 96.4 Å². The first-order valence-electron chi connectivity index (χ1n) is 6.34. The molecule has 1 aromatic carbocycles. The van der Waals surface area contributed by atoms with Gasteiger partial charge in [0.05, 0.1) is 18.3 Å². The van der Waals surface area contributed by atoms with Gasteiger partial charge in [0.1, 0.15) is 0 Å². The van der Waals surface area contributed by atoms with Crippen molar-refractivity contribution in [3.63, 3.8) is 0 Å². The summed E-state index contributed by atoms with van der Waals surface area (Å²) in [5.74, 6) is -0.687. The molecule has 0 aromatic heterocycles. The fourth-order valence-corrected chi connectivity index (χ4v) is 1.75. The van der Waals surface area contributed by atoms with E-state index in [9.17, 15) is 9.90 Å². The number of carbonyl (C=O) groups is 1. The van der Waals surface area contributed by atoms with E-state index in [1.165, 1.54) is 0 Å². The molecule has 0 spiro atoms. The third-order valence-electron chi connectivity index (χ3n) is 2.76. The smallest absolute Gasteiger partial charge is 0.249 e. The minimum Gasteiger partial charge on any atom is -0.478 e. The zero-order chi connectivity index (χ0) is 14.3. The van der Waals surface area contributed by atoms with Gasteiger partial charge >= 0.3 is 0 Å². The maximum absolute atomic E-state index is 11.2. The van der Waals surface area contributed by atoms with Gasteiger partial charge in [0.15, 0.2) is 0 Å². The Bertz CT molecular complexity index is 446. The lowest BCUT2D eigenvalue weighted by Crippen LogP contribution is -2.19. The first kappa shape index (κ1) is 15.2. The van der Waals surface area contributed by atoms with Crippen LogP contribution in [0.5, 0.6) is 0 Å². The van der Waals surface area contributed by atoms with Crippen molar-refractivity contribution in [2.75, 3.05) is 6.61 Å². The molecule has 4 N–H and O–H groups in total. The number of nitrogens with one attached hydrogen (secondary N) is 1. The van der Waals surface area contributed by atoms with Crippen molar-refractivity contribution in [2.24, 2.45) is 5.73 Å². The minimum atomic E-state index is -0.588. The summed E-state index contributed by atoms with van der Waals surface area (Å²) in [5, 5.41) is 17.3. The number of rotatable bonds is 7. The van der Waals surface area contributed by atoms with E-state index >= 15 is 0 Å². The molecule has 0 aliphatic rings. The average Bonchev–Trinajstić information content (AvgIpc) is 2.38. The molecule has 0 saturated heterocycles. The predicted octanol–water partition coefficient (Wildman–Crippen LogP) is 1.68. The first-order chi connectivity index (χ1) is 9.06. The second-order valence-electron chi connectivity index (χ2n) is 4.32. The molecule has 0 bridgehead atoms. The maximum atomic E-state index is 11.2. The molecule has 0 aliphatic heterocycles. The van der Waals surface area contributed by atoms with Crippen LogP contribution in [-0.2, 0) is 4.74 Å². The van der Waals surface area contributed by atoms with E-state index in [2.05, 4.69) is 0 Å². The van der Waals surface area contributed by atoms with E-state index in [0.29, 0.717) is 18.4 Å².